The normalized spacial score (nSPS) is 10.7. The number of aryl methyl sites for hydroxylation is 1. The van der Waals surface area contributed by atoms with Crippen LogP contribution in [0.1, 0.15) is 41.9 Å². The second kappa shape index (κ2) is 6.29. The zero-order chi connectivity index (χ0) is 15.4. The molecule has 0 aliphatic heterocycles. The van der Waals surface area contributed by atoms with Gasteiger partial charge in [0.15, 0.2) is 11.5 Å². The number of hydrogen-bond acceptors (Lipinski definition) is 6. The van der Waals surface area contributed by atoms with Gasteiger partial charge < -0.3 is 15.2 Å². The molecule has 0 aliphatic carbocycles. The Labute approximate surface area is 123 Å². The molecule has 0 atom stereocenters. The van der Waals surface area contributed by atoms with Crippen LogP contribution >= 0.6 is 0 Å². The summed E-state index contributed by atoms with van der Waals surface area (Å²) in [4.78, 5) is 20.9. The fourth-order valence-corrected chi connectivity index (χ4v) is 1.74. The van der Waals surface area contributed by atoms with Gasteiger partial charge in [-0.3, -0.25) is 4.79 Å². The van der Waals surface area contributed by atoms with Crippen LogP contribution in [0.4, 0.5) is 5.69 Å². The summed E-state index contributed by atoms with van der Waals surface area (Å²) in [5.74, 6) is 1.19. The minimum atomic E-state index is -0.272. The summed E-state index contributed by atoms with van der Waals surface area (Å²) in [5, 5.41) is 13.4. The van der Waals surface area contributed by atoms with Crippen molar-refractivity contribution in [2.45, 2.75) is 26.3 Å². The Morgan fingerprint density at radius 3 is 2.76 bits per heavy atom. The second-order valence-corrected chi connectivity index (χ2v) is 4.94. The highest BCUT2D eigenvalue weighted by molar-refractivity contribution is 5.97. The topological polar surface area (TPSA) is 97.6 Å². The molecule has 0 spiro atoms. The maximum Gasteiger partial charge on any atom is 0.272 e. The average molecular weight is 289 g/mol. The van der Waals surface area contributed by atoms with E-state index >= 15 is 0 Å². The van der Waals surface area contributed by atoms with Gasteiger partial charge in [0.05, 0.1) is 18.4 Å². The van der Waals surface area contributed by atoms with Crippen molar-refractivity contribution in [1.82, 2.24) is 30.0 Å². The molecular formula is C13H19N7O. The zero-order valence-corrected chi connectivity index (χ0v) is 12.6. The van der Waals surface area contributed by atoms with Gasteiger partial charge in [-0.2, -0.15) is 0 Å². The standard InChI is InChI=1S/C13H19N7O/c1-8(2)12-15-5-9(14-3)11(18-12)13(21)16-6-10-19-17-7-20(10)4/h5,7-8,14H,6H2,1-4H3,(H,16,21). The molecule has 8 nitrogen and oxygen atoms in total. The van der Waals surface area contributed by atoms with E-state index in [4.69, 9.17) is 0 Å². The Hall–Kier alpha value is -2.51. The van der Waals surface area contributed by atoms with Gasteiger partial charge in [-0.1, -0.05) is 13.8 Å². The maximum absolute atomic E-state index is 12.3. The predicted molar refractivity (Wildman–Crippen MR) is 77.8 cm³/mol. The van der Waals surface area contributed by atoms with Crippen LogP contribution in [0.15, 0.2) is 12.5 Å². The number of carbonyl (C=O) groups is 1. The molecule has 0 aliphatic rings. The molecule has 0 radical (unpaired) electrons. The molecule has 2 aromatic heterocycles. The van der Waals surface area contributed by atoms with E-state index in [9.17, 15) is 4.79 Å². The van der Waals surface area contributed by atoms with E-state index in [1.165, 1.54) is 0 Å². The van der Waals surface area contributed by atoms with Crippen LogP contribution in [0.3, 0.4) is 0 Å². The molecule has 0 saturated carbocycles. The number of rotatable bonds is 5. The fourth-order valence-electron chi connectivity index (χ4n) is 1.74. The molecule has 1 amide bonds. The van der Waals surface area contributed by atoms with Crippen molar-refractivity contribution in [2.75, 3.05) is 12.4 Å². The third-order valence-electron chi connectivity index (χ3n) is 3.02. The summed E-state index contributed by atoms with van der Waals surface area (Å²) in [5.41, 5.74) is 0.924. The largest absolute Gasteiger partial charge is 0.385 e. The van der Waals surface area contributed by atoms with Gasteiger partial charge in [0.1, 0.15) is 12.2 Å². The van der Waals surface area contributed by atoms with Gasteiger partial charge in [-0.15, -0.1) is 10.2 Å². The zero-order valence-electron chi connectivity index (χ0n) is 12.6. The lowest BCUT2D eigenvalue weighted by Gasteiger charge is -2.11. The van der Waals surface area contributed by atoms with Crippen molar-refractivity contribution < 1.29 is 4.79 Å². The highest BCUT2D eigenvalue weighted by Gasteiger charge is 2.16. The molecule has 0 aromatic carbocycles. The SMILES string of the molecule is CNc1cnc(C(C)C)nc1C(=O)NCc1nncn1C. The molecule has 2 N–H and O–H groups in total. The number of hydrogen-bond donors (Lipinski definition) is 2. The molecule has 0 bridgehead atoms. The summed E-state index contributed by atoms with van der Waals surface area (Å²) in [6.45, 7) is 4.25. The van der Waals surface area contributed by atoms with Gasteiger partial charge in [0, 0.05) is 20.0 Å². The quantitative estimate of drug-likeness (QED) is 0.841. The Bertz CT molecular complexity index is 635. The van der Waals surface area contributed by atoms with E-state index in [0.29, 0.717) is 29.6 Å². The van der Waals surface area contributed by atoms with Crippen LogP contribution in [0, 0.1) is 0 Å². The molecular weight excluding hydrogens is 270 g/mol. The van der Waals surface area contributed by atoms with Gasteiger partial charge in [0.25, 0.3) is 5.91 Å². The molecule has 0 saturated heterocycles. The average Bonchev–Trinajstić information content (AvgIpc) is 2.89. The molecule has 2 heterocycles. The monoisotopic (exact) mass is 289 g/mol. The molecule has 0 fully saturated rings. The lowest BCUT2D eigenvalue weighted by Crippen LogP contribution is -2.27. The Morgan fingerprint density at radius 1 is 1.43 bits per heavy atom. The van der Waals surface area contributed by atoms with Crippen molar-refractivity contribution >= 4 is 11.6 Å². The number of aromatic nitrogens is 5. The minimum absolute atomic E-state index is 0.154. The van der Waals surface area contributed by atoms with Crippen LogP contribution in [-0.4, -0.2) is 37.7 Å². The first-order chi connectivity index (χ1) is 10.0. The van der Waals surface area contributed by atoms with E-state index in [2.05, 4.69) is 30.8 Å². The molecule has 112 valence electrons. The third kappa shape index (κ3) is 3.33. The second-order valence-electron chi connectivity index (χ2n) is 4.94. The van der Waals surface area contributed by atoms with Crippen molar-refractivity contribution in [3.05, 3.63) is 29.9 Å². The molecule has 2 rings (SSSR count). The van der Waals surface area contributed by atoms with Crippen LogP contribution in [0.2, 0.25) is 0 Å². The predicted octanol–water partition coefficient (Wildman–Crippen LogP) is 0.700. The number of nitrogens with one attached hydrogen (secondary N) is 2. The lowest BCUT2D eigenvalue weighted by atomic mass is 10.2. The molecule has 8 heteroatoms. The fraction of sp³-hybridized carbons (Fsp3) is 0.462. The van der Waals surface area contributed by atoms with Gasteiger partial charge in [0.2, 0.25) is 0 Å². The first-order valence-corrected chi connectivity index (χ1v) is 6.68. The summed E-state index contributed by atoms with van der Waals surface area (Å²) in [6.07, 6.45) is 3.21. The van der Waals surface area contributed by atoms with Gasteiger partial charge in [-0.05, 0) is 0 Å². The van der Waals surface area contributed by atoms with Crippen LogP contribution in [0.5, 0.6) is 0 Å². The third-order valence-corrected chi connectivity index (χ3v) is 3.02. The maximum atomic E-state index is 12.3. The van der Waals surface area contributed by atoms with Crippen LogP contribution in [-0.2, 0) is 13.6 Å². The van der Waals surface area contributed by atoms with Gasteiger partial charge >= 0.3 is 0 Å². The van der Waals surface area contributed by atoms with Crippen molar-refractivity contribution in [3.8, 4) is 0 Å². The molecule has 0 unspecified atom stereocenters. The van der Waals surface area contributed by atoms with E-state index in [1.807, 2.05) is 20.9 Å². The summed E-state index contributed by atoms with van der Waals surface area (Å²) in [7, 11) is 3.55. The van der Waals surface area contributed by atoms with Crippen molar-refractivity contribution in [3.63, 3.8) is 0 Å². The minimum Gasteiger partial charge on any atom is -0.385 e. The highest BCUT2D eigenvalue weighted by atomic mass is 16.1. The highest BCUT2D eigenvalue weighted by Crippen LogP contribution is 2.15. The number of carbonyl (C=O) groups excluding carboxylic acids is 1. The molecule has 2 aromatic rings. The Kier molecular flexibility index (Phi) is 4.46. The molecule has 21 heavy (non-hydrogen) atoms. The van der Waals surface area contributed by atoms with Crippen LogP contribution in [0.25, 0.3) is 0 Å². The van der Waals surface area contributed by atoms with E-state index in [0.717, 1.165) is 0 Å². The Morgan fingerprint density at radius 2 is 2.19 bits per heavy atom. The van der Waals surface area contributed by atoms with Crippen molar-refractivity contribution in [2.24, 2.45) is 7.05 Å². The van der Waals surface area contributed by atoms with E-state index in [-0.39, 0.29) is 11.8 Å². The van der Waals surface area contributed by atoms with E-state index < -0.39 is 0 Å². The summed E-state index contributed by atoms with van der Waals surface area (Å²) >= 11 is 0. The van der Waals surface area contributed by atoms with Crippen molar-refractivity contribution in [1.29, 1.82) is 0 Å². The number of anilines is 1. The lowest BCUT2D eigenvalue weighted by molar-refractivity contribution is 0.0945. The number of amides is 1. The van der Waals surface area contributed by atoms with Crippen LogP contribution < -0.4 is 10.6 Å². The smallest absolute Gasteiger partial charge is 0.272 e. The summed E-state index contributed by atoms with van der Waals surface area (Å²) in [6, 6.07) is 0. The first kappa shape index (κ1) is 14.9. The van der Waals surface area contributed by atoms with Gasteiger partial charge in [-0.25, -0.2) is 9.97 Å². The van der Waals surface area contributed by atoms with E-state index in [1.54, 1.807) is 24.1 Å². The number of nitrogens with zero attached hydrogens (tertiary/aromatic N) is 5. The summed E-state index contributed by atoms with van der Waals surface area (Å²) < 4.78 is 1.75. The first-order valence-electron chi connectivity index (χ1n) is 6.68. The Balaban J connectivity index is 2.17.